The molecular weight excluding hydrogens is 792 g/mol. The van der Waals surface area contributed by atoms with Gasteiger partial charge in [0.05, 0.1) is 12.8 Å². The summed E-state index contributed by atoms with van der Waals surface area (Å²) in [5.74, 6) is -4.64. The summed E-state index contributed by atoms with van der Waals surface area (Å²) < 4.78 is 65.0. The molecule has 0 heterocycles. The van der Waals surface area contributed by atoms with Gasteiger partial charge in [0, 0.05) is 34.0 Å². The van der Waals surface area contributed by atoms with Gasteiger partial charge in [-0.05, 0) is 99.7 Å². The van der Waals surface area contributed by atoms with Crippen LogP contribution in [0.2, 0.25) is 0 Å². The van der Waals surface area contributed by atoms with Gasteiger partial charge in [0.15, 0.2) is 8.87 Å². The number of nitrogens with zero attached hydrogens (tertiary/aromatic N) is 2. The summed E-state index contributed by atoms with van der Waals surface area (Å²) in [7, 11) is -4.15. The van der Waals surface area contributed by atoms with Crippen LogP contribution in [0.25, 0.3) is 17.2 Å². The zero-order chi connectivity index (χ0) is 40.4. The Bertz CT molecular complexity index is 2210. The molecular formula is C34H31FN2O15S3. The van der Waals surface area contributed by atoms with Crippen LogP contribution in [0.5, 0.6) is 11.5 Å². The van der Waals surface area contributed by atoms with Crippen LogP contribution in [-0.2, 0) is 43.7 Å². The van der Waals surface area contributed by atoms with E-state index in [1.807, 2.05) is 6.08 Å². The van der Waals surface area contributed by atoms with Crippen LogP contribution < -0.4 is 9.47 Å². The smallest absolute Gasteiger partial charge is 0.342 e. The Hall–Kier alpha value is -5.67. The molecule has 0 saturated carbocycles. The second-order valence-electron chi connectivity index (χ2n) is 11.5. The molecule has 0 bridgehead atoms. The van der Waals surface area contributed by atoms with Crippen molar-refractivity contribution in [2.45, 2.75) is 30.8 Å². The van der Waals surface area contributed by atoms with Gasteiger partial charge in [-0.15, -0.1) is 20.2 Å². The lowest BCUT2D eigenvalue weighted by Crippen LogP contribution is -2.29. The zero-order valence-corrected chi connectivity index (χ0v) is 31.5. The number of hydrogen-bond acceptors (Lipinski definition) is 16. The Labute approximate surface area is 318 Å². The summed E-state index contributed by atoms with van der Waals surface area (Å²) in [5, 5.41) is 18.8. The molecule has 0 fully saturated rings. The zero-order valence-electron chi connectivity index (χ0n) is 29.1. The van der Waals surface area contributed by atoms with Gasteiger partial charge in [-0.3, -0.25) is 13.8 Å². The lowest BCUT2D eigenvalue weighted by atomic mass is 10.0. The Morgan fingerprint density at radius 2 is 1.67 bits per heavy atom. The first-order valence-electron chi connectivity index (χ1n) is 15.7. The van der Waals surface area contributed by atoms with E-state index in [4.69, 9.17) is 14.2 Å². The van der Waals surface area contributed by atoms with Crippen LogP contribution in [0.3, 0.4) is 0 Å². The number of ether oxygens (including phenoxy) is 3. The molecule has 2 unspecified atom stereocenters. The molecule has 17 nitrogen and oxygen atoms in total. The molecule has 0 radical (unpaired) electrons. The van der Waals surface area contributed by atoms with E-state index in [0.29, 0.717) is 43.5 Å². The maximum absolute atomic E-state index is 14.5. The molecule has 1 aliphatic carbocycles. The van der Waals surface area contributed by atoms with Gasteiger partial charge < -0.3 is 23.9 Å². The fraction of sp³-hybridized carbons (Fsp3) is 0.265. The first-order chi connectivity index (χ1) is 25.9. The molecule has 0 saturated heterocycles. The van der Waals surface area contributed by atoms with E-state index in [1.54, 1.807) is 43.5 Å². The van der Waals surface area contributed by atoms with Gasteiger partial charge in [0.1, 0.15) is 42.2 Å². The maximum Gasteiger partial charge on any atom is 0.342 e. The lowest BCUT2D eigenvalue weighted by molar-refractivity contribution is -0.789. The Balaban J connectivity index is 1.58. The number of benzene rings is 3. The van der Waals surface area contributed by atoms with E-state index < -0.39 is 90.6 Å². The molecule has 0 N–H and O–H groups in total. The highest BCUT2D eigenvalue weighted by atomic mass is 33.1. The molecule has 21 heteroatoms. The third kappa shape index (κ3) is 12.4. The third-order valence-corrected chi connectivity index (χ3v) is 11.0. The van der Waals surface area contributed by atoms with E-state index >= 15 is 0 Å². The van der Waals surface area contributed by atoms with E-state index in [0.717, 1.165) is 30.0 Å². The average Bonchev–Trinajstić information content (AvgIpc) is 3.34. The van der Waals surface area contributed by atoms with E-state index in [1.165, 1.54) is 12.1 Å². The minimum Gasteiger partial charge on any atom is -0.461 e. The topological polar surface area (TPSA) is 235 Å². The second kappa shape index (κ2) is 18.6. The summed E-state index contributed by atoms with van der Waals surface area (Å²) in [6.45, 7) is 0.336. The molecule has 55 heavy (non-hydrogen) atoms. The molecule has 2 atom stereocenters. The number of hydrogen-bond donors (Lipinski definition) is 0. The van der Waals surface area contributed by atoms with Gasteiger partial charge in [-0.25, -0.2) is 17.6 Å². The van der Waals surface area contributed by atoms with Crippen LogP contribution in [0.1, 0.15) is 46.8 Å². The molecule has 0 aromatic heterocycles. The number of allylic oxidation sites excluding steroid dienone is 2. The maximum atomic E-state index is 14.5. The van der Waals surface area contributed by atoms with Crippen molar-refractivity contribution in [3.63, 3.8) is 0 Å². The standard InChI is InChI=1S/C34H31FN2O15S3/c1-20-27(14-21-4-8-25(9-5-21)54(2)45)26-10-6-22(35)15-29(26)28(20)18-33(39)50-23-7-11-31(30(16-23)34(40)48-12-13-53-55(3,46)47)51-32(38)17-24(52-37(43)44)19-49-36(41)42/h4-11,14-16,24H,12-13,17-19H2,1-3H3. The van der Waals surface area contributed by atoms with Crippen LogP contribution in [-0.4, -0.2) is 78.3 Å². The molecule has 0 spiro atoms. The molecule has 292 valence electrons. The average molecular weight is 823 g/mol. The summed E-state index contributed by atoms with van der Waals surface area (Å²) >= 11 is 0. The Morgan fingerprint density at radius 1 is 0.964 bits per heavy atom. The van der Waals surface area contributed by atoms with Crippen LogP contribution in [0, 0.1) is 26.0 Å². The summed E-state index contributed by atoms with van der Waals surface area (Å²) in [5.41, 5.74) is 3.22. The third-order valence-electron chi connectivity index (χ3n) is 7.53. The van der Waals surface area contributed by atoms with Crippen molar-refractivity contribution in [3.8, 4) is 11.5 Å². The largest absolute Gasteiger partial charge is 0.461 e. The fourth-order valence-corrected chi connectivity index (χ4v) is 7.26. The van der Waals surface area contributed by atoms with Gasteiger partial charge in [0.2, 0.25) is 0 Å². The number of carbonyl (C=O) groups excluding carboxylic acids is 3. The summed E-state index contributed by atoms with van der Waals surface area (Å²) in [6.07, 6.45) is 1.30. The van der Waals surface area contributed by atoms with E-state index in [-0.39, 0.29) is 17.9 Å². The minimum atomic E-state index is -3.47. The number of carbonyl (C=O) groups is 3. The van der Waals surface area contributed by atoms with Crippen LogP contribution in [0.4, 0.5) is 4.39 Å². The van der Waals surface area contributed by atoms with Crippen molar-refractivity contribution < 1.29 is 65.5 Å². The van der Waals surface area contributed by atoms with E-state index in [9.17, 15) is 51.6 Å². The number of halogens is 1. The number of fused-ring (bicyclic) bond motifs is 1. The molecule has 1 aliphatic rings. The molecule has 0 amide bonds. The van der Waals surface area contributed by atoms with Crippen molar-refractivity contribution in [1.82, 2.24) is 0 Å². The lowest BCUT2D eigenvalue weighted by Gasteiger charge is -2.15. The van der Waals surface area contributed by atoms with E-state index in [2.05, 4.69) is 9.68 Å². The summed E-state index contributed by atoms with van der Waals surface area (Å²) in [6, 6.07) is 14.4. The first-order valence-corrected chi connectivity index (χ1v) is 20.7. The van der Waals surface area contributed by atoms with Gasteiger partial charge in [-0.1, -0.05) is 18.2 Å². The highest BCUT2D eigenvalue weighted by Crippen LogP contribution is 2.44. The molecule has 3 aromatic rings. The van der Waals surface area contributed by atoms with Gasteiger partial charge >= 0.3 is 17.9 Å². The predicted octanol–water partition coefficient (Wildman–Crippen LogP) is 4.82. The predicted molar refractivity (Wildman–Crippen MR) is 195 cm³/mol. The SMILES string of the molecule is CC1=C(CC(=O)Oc2ccc(OC(=O)CC(CO[N+](=O)[O-])O[N+](=O)[O-])c(C(=O)OCCSS(C)(=O)=O)c2)c2cc(F)ccc2C1=Cc1ccc(S(C)=O)cc1. The monoisotopic (exact) mass is 822 g/mol. The Kier molecular flexibility index (Phi) is 14.2. The minimum absolute atomic E-state index is 0.164. The van der Waals surface area contributed by atoms with Crippen LogP contribution >= 0.6 is 10.8 Å². The highest BCUT2D eigenvalue weighted by Gasteiger charge is 2.28. The molecule has 4 rings (SSSR count). The fourth-order valence-electron chi connectivity index (χ4n) is 5.18. The number of esters is 3. The quantitative estimate of drug-likeness (QED) is 0.0418. The van der Waals surface area contributed by atoms with Crippen LogP contribution in [0.15, 0.2) is 71.1 Å². The van der Waals surface area contributed by atoms with Crippen molar-refractivity contribution in [3.05, 3.63) is 115 Å². The summed E-state index contributed by atoms with van der Waals surface area (Å²) in [4.78, 5) is 69.4. The normalized spacial score (nSPS) is 14.1. The highest BCUT2D eigenvalue weighted by molar-refractivity contribution is 8.71. The number of rotatable bonds is 18. The van der Waals surface area contributed by atoms with Crippen molar-refractivity contribution >= 4 is 65.6 Å². The van der Waals surface area contributed by atoms with Crippen molar-refractivity contribution in [2.75, 3.05) is 31.5 Å². The first kappa shape index (κ1) is 42.1. The van der Waals surface area contributed by atoms with Crippen molar-refractivity contribution in [1.29, 1.82) is 0 Å². The van der Waals surface area contributed by atoms with Gasteiger partial charge in [0.25, 0.3) is 10.2 Å². The Morgan fingerprint density at radius 3 is 2.31 bits per heavy atom. The molecule has 0 aliphatic heterocycles. The molecule has 3 aromatic carbocycles. The van der Waals surface area contributed by atoms with Crippen molar-refractivity contribution in [2.24, 2.45) is 0 Å². The second-order valence-corrected chi connectivity index (χ2v) is 17.4. The van der Waals surface area contributed by atoms with Gasteiger partial charge in [-0.2, -0.15) is 0 Å².